The molecule has 0 fully saturated rings. The lowest BCUT2D eigenvalue weighted by molar-refractivity contribution is -0.129. The van der Waals surface area contributed by atoms with Crippen molar-refractivity contribution in [1.82, 2.24) is 9.80 Å². The summed E-state index contributed by atoms with van der Waals surface area (Å²) < 4.78 is 0. The number of carbonyl (C=O) groups is 2. The molecule has 0 spiro atoms. The van der Waals surface area contributed by atoms with Crippen molar-refractivity contribution in [1.29, 1.82) is 0 Å². The summed E-state index contributed by atoms with van der Waals surface area (Å²) in [5, 5.41) is 9.34. The molecule has 2 amide bonds. The van der Waals surface area contributed by atoms with Crippen LogP contribution in [0.3, 0.4) is 0 Å². The van der Waals surface area contributed by atoms with Crippen molar-refractivity contribution in [2.24, 2.45) is 0 Å². The average molecular weight is 251 g/mol. The Labute approximate surface area is 106 Å². The molecule has 98 valence electrons. The summed E-state index contributed by atoms with van der Waals surface area (Å²) in [6.45, 7) is -0.0407. The fourth-order valence-corrected chi connectivity index (χ4v) is 1.35. The van der Waals surface area contributed by atoms with Crippen molar-refractivity contribution in [2.45, 2.75) is 0 Å². The van der Waals surface area contributed by atoms with Crippen molar-refractivity contribution in [2.75, 3.05) is 33.4 Å². The van der Waals surface area contributed by atoms with Gasteiger partial charge < -0.3 is 20.6 Å². The quantitative estimate of drug-likeness (QED) is 0.590. The first-order chi connectivity index (χ1) is 8.32. The van der Waals surface area contributed by atoms with E-state index in [0.29, 0.717) is 0 Å². The van der Waals surface area contributed by atoms with Crippen molar-refractivity contribution in [3.63, 3.8) is 0 Å². The number of rotatable bonds is 3. The van der Waals surface area contributed by atoms with Gasteiger partial charge in [0.15, 0.2) is 0 Å². The summed E-state index contributed by atoms with van der Waals surface area (Å²) in [7, 11) is 4.74. The summed E-state index contributed by atoms with van der Waals surface area (Å²) in [4.78, 5) is 26.2. The third kappa shape index (κ3) is 3.13. The van der Waals surface area contributed by atoms with E-state index in [2.05, 4.69) is 0 Å². The van der Waals surface area contributed by atoms with E-state index >= 15 is 0 Å². The first-order valence-corrected chi connectivity index (χ1v) is 5.37. The van der Waals surface area contributed by atoms with E-state index in [0.717, 1.165) is 0 Å². The van der Waals surface area contributed by atoms with E-state index < -0.39 is 5.91 Å². The predicted molar refractivity (Wildman–Crippen MR) is 68.2 cm³/mol. The molecule has 1 rings (SSSR count). The monoisotopic (exact) mass is 251 g/mol. The molecule has 0 aliphatic heterocycles. The molecule has 0 aliphatic rings. The Morgan fingerprint density at radius 2 is 1.89 bits per heavy atom. The van der Waals surface area contributed by atoms with Gasteiger partial charge in [-0.1, -0.05) is 0 Å². The highest BCUT2D eigenvalue weighted by Crippen LogP contribution is 2.19. The molecular weight excluding hydrogens is 234 g/mol. The van der Waals surface area contributed by atoms with Gasteiger partial charge >= 0.3 is 0 Å². The minimum Gasteiger partial charge on any atom is -0.508 e. The van der Waals surface area contributed by atoms with E-state index in [9.17, 15) is 14.7 Å². The number of aromatic hydroxyl groups is 1. The Balaban J connectivity index is 2.87. The molecule has 18 heavy (non-hydrogen) atoms. The highest BCUT2D eigenvalue weighted by molar-refractivity contribution is 6.00. The van der Waals surface area contributed by atoms with Crippen molar-refractivity contribution < 1.29 is 14.7 Å². The zero-order valence-electron chi connectivity index (χ0n) is 10.7. The fraction of sp³-hybridized carbons (Fsp3) is 0.333. The van der Waals surface area contributed by atoms with E-state index in [4.69, 9.17) is 5.73 Å². The number of likely N-dealkylation sites (N-methyl/N-ethyl adjacent to an activating group) is 2. The summed E-state index contributed by atoms with van der Waals surface area (Å²) in [5.74, 6) is -0.636. The third-order valence-electron chi connectivity index (χ3n) is 2.49. The number of phenolic OH excluding ortho intramolecular Hbond substituents is 1. The molecular formula is C12H17N3O3. The van der Waals surface area contributed by atoms with Crippen LogP contribution < -0.4 is 5.73 Å². The number of nitrogens with two attached hydrogens (primary N) is 1. The topological polar surface area (TPSA) is 86.9 Å². The lowest BCUT2D eigenvalue weighted by Crippen LogP contribution is -2.38. The number of anilines is 1. The van der Waals surface area contributed by atoms with Gasteiger partial charge in [0, 0.05) is 26.8 Å². The van der Waals surface area contributed by atoms with Gasteiger partial charge in [-0.25, -0.2) is 0 Å². The van der Waals surface area contributed by atoms with Crippen molar-refractivity contribution in [3.8, 4) is 5.75 Å². The number of nitrogens with zero attached hydrogens (tertiary/aromatic N) is 2. The lowest BCUT2D eigenvalue weighted by Gasteiger charge is -2.20. The molecule has 3 N–H and O–H groups in total. The van der Waals surface area contributed by atoms with Gasteiger partial charge in [-0.2, -0.15) is 0 Å². The van der Waals surface area contributed by atoms with Crippen LogP contribution in [0.25, 0.3) is 0 Å². The first kappa shape index (κ1) is 13.8. The van der Waals surface area contributed by atoms with Crippen LogP contribution in [0, 0.1) is 0 Å². The van der Waals surface area contributed by atoms with Crippen LogP contribution in [0.5, 0.6) is 5.75 Å². The van der Waals surface area contributed by atoms with Crippen LogP contribution in [-0.2, 0) is 4.79 Å². The van der Waals surface area contributed by atoms with E-state index in [1.165, 1.54) is 35.0 Å². The van der Waals surface area contributed by atoms with Gasteiger partial charge in [0.25, 0.3) is 5.91 Å². The number of amides is 2. The SMILES string of the molecule is CN(C)C(=O)CN(C)C(=O)c1cc(O)ccc1N. The number of carbonyl (C=O) groups excluding carboxylic acids is 2. The molecule has 0 saturated heterocycles. The van der Waals surface area contributed by atoms with Crippen LogP contribution >= 0.6 is 0 Å². The normalized spacial score (nSPS) is 9.94. The number of hydrogen-bond donors (Lipinski definition) is 2. The maximum absolute atomic E-state index is 12.0. The Morgan fingerprint density at radius 3 is 2.44 bits per heavy atom. The second kappa shape index (κ2) is 5.39. The zero-order chi connectivity index (χ0) is 13.9. The zero-order valence-corrected chi connectivity index (χ0v) is 10.7. The van der Waals surface area contributed by atoms with Gasteiger partial charge in [0.2, 0.25) is 5.91 Å². The minimum atomic E-state index is -0.404. The molecule has 0 radical (unpaired) electrons. The van der Waals surface area contributed by atoms with Crippen LogP contribution in [0.15, 0.2) is 18.2 Å². The molecule has 1 aromatic carbocycles. The van der Waals surface area contributed by atoms with Gasteiger partial charge in [0.1, 0.15) is 5.75 Å². The van der Waals surface area contributed by atoms with Gasteiger partial charge in [0.05, 0.1) is 12.1 Å². The van der Waals surface area contributed by atoms with Crippen LogP contribution in [0.4, 0.5) is 5.69 Å². The highest BCUT2D eigenvalue weighted by atomic mass is 16.3. The maximum Gasteiger partial charge on any atom is 0.256 e. The number of hydrogen-bond acceptors (Lipinski definition) is 4. The minimum absolute atomic E-state index is 0.0407. The maximum atomic E-state index is 12.0. The Kier molecular flexibility index (Phi) is 4.14. The van der Waals surface area contributed by atoms with Gasteiger partial charge in [-0.15, -0.1) is 0 Å². The van der Waals surface area contributed by atoms with Gasteiger partial charge in [-0.3, -0.25) is 9.59 Å². The summed E-state index contributed by atoms with van der Waals surface area (Å²) in [6.07, 6.45) is 0. The molecule has 0 atom stereocenters. The van der Waals surface area contributed by atoms with E-state index in [1.807, 2.05) is 0 Å². The second-order valence-corrected chi connectivity index (χ2v) is 4.22. The summed E-state index contributed by atoms with van der Waals surface area (Å²) in [6, 6.07) is 4.13. The van der Waals surface area contributed by atoms with E-state index in [1.54, 1.807) is 14.1 Å². The summed E-state index contributed by atoms with van der Waals surface area (Å²) in [5.41, 5.74) is 6.11. The Hall–Kier alpha value is -2.24. The molecule has 0 aromatic heterocycles. The molecule has 1 aromatic rings. The molecule has 0 saturated carbocycles. The van der Waals surface area contributed by atoms with Crippen LogP contribution in [0.1, 0.15) is 10.4 Å². The van der Waals surface area contributed by atoms with Crippen molar-refractivity contribution >= 4 is 17.5 Å². The molecule has 0 aliphatic carbocycles. The predicted octanol–water partition coefficient (Wildman–Crippen LogP) is 0.135. The third-order valence-corrected chi connectivity index (χ3v) is 2.49. The average Bonchev–Trinajstić information content (AvgIpc) is 2.31. The molecule has 6 heteroatoms. The van der Waals surface area contributed by atoms with Crippen LogP contribution in [0.2, 0.25) is 0 Å². The Morgan fingerprint density at radius 1 is 1.28 bits per heavy atom. The number of benzene rings is 1. The Bertz CT molecular complexity index is 472. The molecule has 6 nitrogen and oxygen atoms in total. The molecule has 0 heterocycles. The van der Waals surface area contributed by atoms with Crippen molar-refractivity contribution in [3.05, 3.63) is 23.8 Å². The van der Waals surface area contributed by atoms with Crippen LogP contribution in [-0.4, -0.2) is 54.4 Å². The fourth-order valence-electron chi connectivity index (χ4n) is 1.35. The molecule has 0 unspecified atom stereocenters. The number of nitrogen functional groups attached to an aromatic ring is 1. The second-order valence-electron chi connectivity index (χ2n) is 4.22. The first-order valence-electron chi connectivity index (χ1n) is 5.37. The standard InChI is InChI=1S/C12H17N3O3/c1-14(2)11(17)7-15(3)12(18)9-6-8(16)4-5-10(9)13/h4-6,16H,7,13H2,1-3H3. The largest absolute Gasteiger partial charge is 0.508 e. The molecule has 0 bridgehead atoms. The smallest absolute Gasteiger partial charge is 0.256 e. The van der Waals surface area contributed by atoms with E-state index in [-0.39, 0.29) is 29.5 Å². The number of phenols is 1. The summed E-state index contributed by atoms with van der Waals surface area (Å²) >= 11 is 0. The highest BCUT2D eigenvalue weighted by Gasteiger charge is 2.18. The lowest BCUT2D eigenvalue weighted by atomic mass is 10.1. The van der Waals surface area contributed by atoms with Gasteiger partial charge in [-0.05, 0) is 18.2 Å².